The number of aliphatic hydroxyl groups is 1. The van der Waals surface area contributed by atoms with Gasteiger partial charge in [-0.3, -0.25) is 0 Å². The van der Waals surface area contributed by atoms with E-state index in [1.165, 1.54) is 12.3 Å². The summed E-state index contributed by atoms with van der Waals surface area (Å²) in [5.74, 6) is -0.507. The molecular formula is C5H5NaO3. The van der Waals surface area contributed by atoms with Crippen molar-refractivity contribution in [3.8, 4) is 0 Å². The van der Waals surface area contributed by atoms with E-state index in [-0.39, 0.29) is 35.1 Å². The molecule has 0 fully saturated rings. The van der Waals surface area contributed by atoms with Crippen LogP contribution in [0.4, 0.5) is 0 Å². The summed E-state index contributed by atoms with van der Waals surface area (Å²) in [6, 6.07) is 0. The van der Waals surface area contributed by atoms with Gasteiger partial charge in [-0.2, -0.15) is 0 Å². The van der Waals surface area contributed by atoms with Gasteiger partial charge in [-0.15, -0.1) is 0 Å². The van der Waals surface area contributed by atoms with Crippen LogP contribution in [-0.2, 0) is 9.53 Å². The van der Waals surface area contributed by atoms with E-state index in [1.54, 1.807) is 0 Å². The molecule has 0 amide bonds. The Hall–Kier alpha value is -0.250. The summed E-state index contributed by atoms with van der Waals surface area (Å²) in [4.78, 5) is 10.3. The van der Waals surface area contributed by atoms with E-state index in [4.69, 9.17) is 5.11 Å². The van der Waals surface area contributed by atoms with Crippen LogP contribution in [0.5, 0.6) is 0 Å². The molecule has 9 heavy (non-hydrogen) atoms. The Balaban J connectivity index is 0.000000640. The molecule has 1 heterocycles. The Kier molecular flexibility index (Phi) is 3.61. The van der Waals surface area contributed by atoms with Crippen LogP contribution in [0.1, 0.15) is 0 Å². The van der Waals surface area contributed by atoms with Gasteiger partial charge in [0.2, 0.25) is 0 Å². The molecule has 0 radical (unpaired) electrons. The minimum absolute atomic E-state index is 0. The molecule has 0 atom stereocenters. The molecule has 0 saturated heterocycles. The molecule has 1 aliphatic heterocycles. The summed E-state index contributed by atoms with van der Waals surface area (Å²) in [6.07, 6.45) is 3.33. The third-order valence-electron chi connectivity index (χ3n) is 0.797. The summed E-state index contributed by atoms with van der Waals surface area (Å²) in [6.45, 7) is 0. The number of rotatable bonds is 0. The number of esters is 1. The first-order valence-electron chi connectivity index (χ1n) is 2.06. The summed E-state index contributed by atoms with van der Waals surface area (Å²) in [7, 11) is 0. The van der Waals surface area contributed by atoms with Crippen LogP contribution in [0.25, 0.3) is 0 Å². The van der Waals surface area contributed by atoms with Crippen molar-refractivity contribution in [2.75, 3.05) is 0 Å². The first kappa shape index (κ1) is 8.75. The maximum absolute atomic E-state index is 10.3. The molecule has 0 aromatic heterocycles. The maximum atomic E-state index is 10.3. The van der Waals surface area contributed by atoms with Gasteiger partial charge >= 0.3 is 35.5 Å². The molecule has 0 bridgehead atoms. The second-order valence-corrected chi connectivity index (χ2v) is 1.29. The Morgan fingerprint density at radius 1 is 1.67 bits per heavy atom. The molecule has 4 heteroatoms. The summed E-state index contributed by atoms with van der Waals surface area (Å²) in [5, 5.41) is 8.22. The fourth-order valence-electron chi connectivity index (χ4n) is 0.401. The number of carbonyl (C=O) groups excluding carboxylic acids is 1. The van der Waals surface area contributed by atoms with Crippen LogP contribution < -0.4 is 0 Å². The van der Waals surface area contributed by atoms with Crippen molar-refractivity contribution in [2.45, 2.75) is 0 Å². The van der Waals surface area contributed by atoms with E-state index in [1.807, 2.05) is 0 Å². The van der Waals surface area contributed by atoms with Gasteiger partial charge in [0.05, 0.1) is 18.1 Å². The summed E-state index contributed by atoms with van der Waals surface area (Å²) < 4.78 is 4.31. The van der Waals surface area contributed by atoms with Crippen molar-refractivity contribution in [2.24, 2.45) is 0 Å². The van der Waals surface area contributed by atoms with Crippen LogP contribution in [0.3, 0.4) is 0 Å². The van der Waals surface area contributed by atoms with Gasteiger partial charge < -0.3 is 9.84 Å². The zero-order valence-corrected chi connectivity index (χ0v) is 4.00. The molecule has 1 N–H and O–H groups in total. The van der Waals surface area contributed by atoms with E-state index in [2.05, 4.69) is 4.74 Å². The first-order chi connectivity index (χ1) is 3.84. The molecular weight excluding hydrogens is 131 g/mol. The molecule has 0 spiro atoms. The molecule has 44 valence electrons. The van der Waals surface area contributed by atoms with Crippen LogP contribution in [0, 0.1) is 0 Å². The summed E-state index contributed by atoms with van der Waals surface area (Å²) in [5.41, 5.74) is 0.185. The predicted molar refractivity (Wildman–Crippen MR) is 33.1 cm³/mol. The molecule has 0 unspecified atom stereocenters. The average Bonchev–Trinajstić information content (AvgIpc) is 2.14. The van der Waals surface area contributed by atoms with Crippen LogP contribution in [0.15, 0.2) is 24.2 Å². The van der Waals surface area contributed by atoms with E-state index in [0.29, 0.717) is 6.26 Å². The standard InChI is InChI=1S/C5H4O3.Na.H/c6-3-4-1-2-8-5(4)7;;/h1-3,6H;;. The molecule has 3 nitrogen and oxygen atoms in total. The van der Waals surface area contributed by atoms with Crippen LogP contribution >= 0.6 is 0 Å². The van der Waals surface area contributed by atoms with Crippen molar-refractivity contribution >= 4 is 35.5 Å². The van der Waals surface area contributed by atoms with Gasteiger partial charge in [-0.1, -0.05) is 0 Å². The molecule has 1 rings (SSSR count). The number of hydrogen-bond donors (Lipinski definition) is 1. The molecule has 0 aliphatic carbocycles. The van der Waals surface area contributed by atoms with Crippen molar-refractivity contribution in [3.05, 3.63) is 24.2 Å². The number of aliphatic hydroxyl groups excluding tert-OH is 1. The van der Waals surface area contributed by atoms with Gasteiger partial charge in [0.25, 0.3) is 0 Å². The second kappa shape index (κ2) is 3.71. The fourth-order valence-corrected chi connectivity index (χ4v) is 0.401. The van der Waals surface area contributed by atoms with Crippen LogP contribution in [0.2, 0.25) is 0 Å². The zero-order chi connectivity index (χ0) is 5.98. The zero-order valence-electron chi connectivity index (χ0n) is 4.00. The van der Waals surface area contributed by atoms with Crippen molar-refractivity contribution in [3.63, 3.8) is 0 Å². The molecule has 0 aromatic carbocycles. The van der Waals surface area contributed by atoms with Gasteiger partial charge in [0.1, 0.15) is 0 Å². The summed E-state index contributed by atoms with van der Waals surface area (Å²) >= 11 is 0. The number of carbonyl (C=O) groups is 1. The van der Waals surface area contributed by atoms with E-state index in [9.17, 15) is 4.79 Å². The fraction of sp³-hybridized carbons (Fsp3) is 0. The van der Waals surface area contributed by atoms with Gasteiger partial charge in [0, 0.05) is 0 Å². The van der Waals surface area contributed by atoms with Crippen LogP contribution in [-0.4, -0.2) is 40.6 Å². The number of ether oxygens (including phenoxy) is 1. The molecule has 0 saturated carbocycles. The Morgan fingerprint density at radius 3 is 2.56 bits per heavy atom. The predicted octanol–water partition coefficient (Wildman–Crippen LogP) is -0.150. The third kappa shape index (κ3) is 1.86. The normalized spacial score (nSPS) is 19.6. The molecule has 1 aliphatic rings. The van der Waals surface area contributed by atoms with Crippen molar-refractivity contribution in [1.29, 1.82) is 0 Å². The topological polar surface area (TPSA) is 46.5 Å². The number of hydrogen-bond acceptors (Lipinski definition) is 3. The van der Waals surface area contributed by atoms with Crippen molar-refractivity contribution in [1.82, 2.24) is 0 Å². The average molecular weight is 136 g/mol. The van der Waals surface area contributed by atoms with Gasteiger partial charge in [0.15, 0.2) is 0 Å². The van der Waals surface area contributed by atoms with E-state index in [0.717, 1.165) is 0 Å². The third-order valence-corrected chi connectivity index (χ3v) is 0.797. The quantitative estimate of drug-likeness (QED) is 0.218. The SMILES string of the molecule is O=C1OC=CC1=CO.[NaH]. The Morgan fingerprint density at radius 2 is 2.33 bits per heavy atom. The monoisotopic (exact) mass is 136 g/mol. The Bertz CT molecular complexity index is 171. The van der Waals surface area contributed by atoms with Gasteiger partial charge in [-0.25, -0.2) is 4.79 Å². The number of cyclic esters (lactones) is 1. The first-order valence-corrected chi connectivity index (χ1v) is 2.06. The van der Waals surface area contributed by atoms with Gasteiger partial charge in [-0.05, 0) is 6.08 Å². The Labute approximate surface area is 74.3 Å². The van der Waals surface area contributed by atoms with E-state index < -0.39 is 5.97 Å². The molecule has 0 aromatic rings. The minimum atomic E-state index is -0.507. The van der Waals surface area contributed by atoms with Crippen molar-refractivity contribution < 1.29 is 14.6 Å². The second-order valence-electron chi connectivity index (χ2n) is 1.29. The van der Waals surface area contributed by atoms with E-state index >= 15 is 0 Å².